The van der Waals surface area contributed by atoms with E-state index in [1.54, 1.807) is 60.7 Å². The third-order valence-electron chi connectivity index (χ3n) is 5.20. The smallest absolute Gasteiger partial charge is 0.475 e. The minimum absolute atomic E-state index is 0.227. The first-order valence-corrected chi connectivity index (χ1v) is 13.4. The molecule has 0 radical (unpaired) electrons. The number of benzene rings is 3. The number of para-hydroxylation sites is 4. The summed E-state index contributed by atoms with van der Waals surface area (Å²) in [6.07, 6.45) is -9.18. The van der Waals surface area contributed by atoms with Crippen LogP contribution >= 0.6 is 0 Å². The largest absolute Gasteiger partial charge is 0.490 e. The van der Waals surface area contributed by atoms with E-state index in [-0.39, 0.29) is 4.90 Å². The maximum absolute atomic E-state index is 13.6. The number of ether oxygens (including phenoxy) is 1. The summed E-state index contributed by atoms with van der Waals surface area (Å²) in [5.41, 5.74) is 1.89. The first-order chi connectivity index (χ1) is 20.0. The number of hydrogen-bond donors (Lipinski definition) is 4. The van der Waals surface area contributed by atoms with Gasteiger partial charge in [0.25, 0.3) is 10.0 Å². The van der Waals surface area contributed by atoms with Gasteiger partial charge in [-0.1, -0.05) is 24.3 Å². The van der Waals surface area contributed by atoms with Crippen LogP contribution in [0, 0.1) is 0 Å². The van der Waals surface area contributed by atoms with Gasteiger partial charge in [-0.3, -0.25) is 0 Å². The van der Waals surface area contributed by atoms with E-state index in [2.05, 4.69) is 10.6 Å². The Bertz CT molecular complexity index is 1430. The predicted molar refractivity (Wildman–Crippen MR) is 143 cm³/mol. The Hall–Kier alpha value is -4.51. The number of anilines is 3. The molecule has 10 nitrogen and oxygen atoms in total. The number of carboxylic acid groups (broad SMARTS) is 2. The van der Waals surface area contributed by atoms with Crippen molar-refractivity contribution in [1.29, 1.82) is 0 Å². The van der Waals surface area contributed by atoms with Gasteiger partial charge >= 0.3 is 24.3 Å². The summed E-state index contributed by atoms with van der Waals surface area (Å²) in [7, 11) is -1.90. The van der Waals surface area contributed by atoms with E-state index in [1.807, 2.05) is 19.2 Å². The zero-order valence-electron chi connectivity index (χ0n) is 22.1. The third-order valence-corrected chi connectivity index (χ3v) is 6.94. The van der Waals surface area contributed by atoms with Crippen LogP contribution in [0.4, 0.5) is 43.4 Å². The van der Waals surface area contributed by atoms with Crippen LogP contribution in [-0.4, -0.2) is 63.1 Å². The lowest BCUT2D eigenvalue weighted by Gasteiger charge is -2.31. The number of carbonyl (C=O) groups is 2. The highest BCUT2D eigenvalue weighted by atomic mass is 32.2. The van der Waals surface area contributed by atoms with Crippen LogP contribution in [0.2, 0.25) is 0 Å². The molecule has 234 valence electrons. The fraction of sp³-hybridized carbons (Fsp3) is 0.231. The number of nitrogens with one attached hydrogen (secondary N) is 2. The average Bonchev–Trinajstić information content (AvgIpc) is 2.94. The van der Waals surface area contributed by atoms with E-state index < -0.39 is 34.3 Å². The Balaban J connectivity index is 0.000000384. The van der Waals surface area contributed by atoms with Crippen molar-refractivity contribution in [2.45, 2.75) is 23.7 Å². The summed E-state index contributed by atoms with van der Waals surface area (Å²) in [5.74, 6) is -4.49. The maximum atomic E-state index is 13.6. The SMILES string of the molecule is CNCCCNc1ccc(S(=O)(=O)N2c3ccccc3Oc3ccccc32)cc1.O=C(O)C(F)(F)F.O=C(O)C(F)(F)F. The molecule has 0 saturated heterocycles. The Kier molecular flexibility index (Phi) is 11.8. The van der Waals surface area contributed by atoms with Crippen molar-refractivity contribution in [2.75, 3.05) is 29.8 Å². The van der Waals surface area contributed by atoms with E-state index >= 15 is 0 Å². The van der Waals surface area contributed by atoms with Gasteiger partial charge in [-0.05, 0) is 68.5 Å². The fourth-order valence-corrected chi connectivity index (χ4v) is 4.79. The number of aliphatic carboxylic acids is 2. The molecule has 4 rings (SSSR count). The van der Waals surface area contributed by atoms with Gasteiger partial charge in [0.1, 0.15) is 11.4 Å². The molecule has 3 aromatic carbocycles. The normalized spacial score (nSPS) is 12.2. The molecular formula is C26H25F6N3O7S. The molecule has 0 aliphatic carbocycles. The summed E-state index contributed by atoms with van der Waals surface area (Å²) < 4.78 is 97.9. The predicted octanol–water partition coefficient (Wildman–Crippen LogP) is 5.61. The van der Waals surface area contributed by atoms with Gasteiger partial charge in [0.15, 0.2) is 11.5 Å². The third kappa shape index (κ3) is 9.78. The van der Waals surface area contributed by atoms with Crippen molar-refractivity contribution in [3.63, 3.8) is 0 Å². The standard InChI is InChI=1S/C22H23N3O3S.2C2HF3O2/c1-23-15-6-16-24-17-11-13-18(14-12-17)29(26,27)25-19-7-2-4-9-21(19)28-22-10-5-3-8-20(22)25;2*3-2(4,5)1(6)7/h2-5,7-14,23-24H,6,15-16H2,1H3;2*(H,6,7). The van der Waals surface area contributed by atoms with Crippen molar-refractivity contribution in [3.8, 4) is 11.5 Å². The van der Waals surface area contributed by atoms with E-state index in [1.165, 1.54) is 4.31 Å². The molecule has 17 heteroatoms. The van der Waals surface area contributed by atoms with Crippen molar-refractivity contribution >= 4 is 39.0 Å². The van der Waals surface area contributed by atoms with Crippen molar-refractivity contribution in [3.05, 3.63) is 72.8 Å². The summed E-state index contributed by atoms with van der Waals surface area (Å²) in [4.78, 5) is 18.0. The van der Waals surface area contributed by atoms with E-state index in [4.69, 9.17) is 24.5 Å². The molecule has 0 bridgehead atoms. The molecule has 0 aromatic heterocycles. The lowest BCUT2D eigenvalue weighted by Crippen LogP contribution is -2.28. The molecule has 0 saturated carbocycles. The lowest BCUT2D eigenvalue weighted by molar-refractivity contribution is -0.193. The Labute approximate surface area is 241 Å². The first kappa shape index (κ1) is 34.7. The molecule has 3 aromatic rings. The molecule has 1 aliphatic heterocycles. The Morgan fingerprint density at radius 1 is 0.767 bits per heavy atom. The van der Waals surface area contributed by atoms with Crippen molar-refractivity contribution in [2.24, 2.45) is 0 Å². The topological polar surface area (TPSA) is 145 Å². The minimum atomic E-state index is -5.08. The number of alkyl halides is 6. The van der Waals surface area contributed by atoms with Crippen LogP contribution in [0.15, 0.2) is 77.7 Å². The van der Waals surface area contributed by atoms with E-state index in [9.17, 15) is 34.8 Å². The summed E-state index contributed by atoms with van der Waals surface area (Å²) in [5, 5.41) is 20.7. The molecule has 0 fully saturated rings. The van der Waals surface area contributed by atoms with Crippen LogP contribution in [0.1, 0.15) is 6.42 Å². The van der Waals surface area contributed by atoms with Crippen molar-refractivity contribution < 1.29 is 59.3 Å². The number of halogens is 6. The van der Waals surface area contributed by atoms with E-state index in [0.29, 0.717) is 22.9 Å². The van der Waals surface area contributed by atoms with Gasteiger partial charge in [0.2, 0.25) is 0 Å². The number of nitrogens with zero attached hydrogens (tertiary/aromatic N) is 1. The zero-order valence-corrected chi connectivity index (χ0v) is 22.9. The van der Waals surface area contributed by atoms with E-state index in [0.717, 1.165) is 25.2 Å². The van der Waals surface area contributed by atoms with Crippen LogP contribution in [0.25, 0.3) is 0 Å². The first-order valence-electron chi connectivity index (χ1n) is 12.0. The summed E-state index contributed by atoms with van der Waals surface area (Å²) >= 11 is 0. The van der Waals surface area contributed by atoms with Gasteiger partial charge in [-0.2, -0.15) is 26.3 Å². The Morgan fingerprint density at radius 3 is 1.58 bits per heavy atom. The molecule has 1 aliphatic rings. The highest BCUT2D eigenvalue weighted by Crippen LogP contribution is 2.48. The van der Waals surface area contributed by atoms with Crippen LogP contribution in [0.5, 0.6) is 11.5 Å². The monoisotopic (exact) mass is 637 g/mol. The second kappa shape index (κ2) is 14.6. The second-order valence-corrected chi connectivity index (χ2v) is 10.1. The number of rotatable bonds is 7. The van der Waals surface area contributed by atoms with Crippen LogP contribution in [-0.2, 0) is 19.6 Å². The number of carboxylic acids is 2. The Morgan fingerprint density at radius 2 is 1.19 bits per heavy atom. The minimum Gasteiger partial charge on any atom is -0.475 e. The van der Waals surface area contributed by atoms with Gasteiger partial charge < -0.3 is 25.6 Å². The number of sulfonamides is 1. The van der Waals surface area contributed by atoms with Crippen molar-refractivity contribution in [1.82, 2.24) is 5.32 Å². The number of fused-ring (bicyclic) bond motifs is 2. The molecule has 43 heavy (non-hydrogen) atoms. The molecule has 1 heterocycles. The van der Waals surface area contributed by atoms with Gasteiger partial charge in [0.05, 0.1) is 4.90 Å². The maximum Gasteiger partial charge on any atom is 0.490 e. The highest BCUT2D eigenvalue weighted by Gasteiger charge is 2.39. The van der Waals surface area contributed by atoms with Gasteiger partial charge in [0, 0.05) is 12.2 Å². The van der Waals surface area contributed by atoms with Crippen LogP contribution < -0.4 is 19.7 Å². The summed E-state index contributed by atoms with van der Waals surface area (Å²) in [6.45, 7) is 1.74. The quantitative estimate of drug-likeness (QED) is 0.192. The average molecular weight is 638 g/mol. The zero-order chi connectivity index (χ0) is 32.4. The molecule has 4 N–H and O–H groups in total. The van der Waals surface area contributed by atoms with Crippen LogP contribution in [0.3, 0.4) is 0 Å². The fourth-order valence-electron chi connectivity index (χ4n) is 3.28. The molecule has 0 unspecified atom stereocenters. The highest BCUT2D eigenvalue weighted by molar-refractivity contribution is 7.93. The number of hydrogen-bond acceptors (Lipinski definition) is 7. The molecule has 0 amide bonds. The molecule has 0 spiro atoms. The lowest BCUT2D eigenvalue weighted by atomic mass is 10.2. The molecule has 0 atom stereocenters. The second-order valence-electron chi connectivity index (χ2n) is 8.32. The molecular weight excluding hydrogens is 612 g/mol. The van der Waals surface area contributed by atoms with Gasteiger partial charge in [-0.25, -0.2) is 22.3 Å². The summed E-state index contributed by atoms with van der Waals surface area (Å²) in [6, 6.07) is 21.2. The van der Waals surface area contributed by atoms with Gasteiger partial charge in [-0.15, -0.1) is 0 Å².